The Kier molecular flexibility index (Phi) is 8.10. The predicted molar refractivity (Wildman–Crippen MR) is 145 cm³/mol. The summed E-state index contributed by atoms with van der Waals surface area (Å²) in [5.74, 6) is 5.83. The van der Waals surface area contributed by atoms with Gasteiger partial charge in [0.05, 0.1) is 46.8 Å². The molecule has 2 aromatic heterocycles. The summed E-state index contributed by atoms with van der Waals surface area (Å²) >= 11 is 6.35. The molecule has 0 radical (unpaired) electrons. The highest BCUT2D eigenvalue weighted by atomic mass is 35.5. The maximum atomic E-state index is 13.5. The Hall–Kier alpha value is -3.40. The zero-order chi connectivity index (χ0) is 27.5. The SMILES string of the molecule is CN1CCC(Nc2cc(Cl)cc3c2cc(C#CCNc2ccc(C(C)(C)C#N)nc2)n3CC(F)(F)F)CC1. The van der Waals surface area contributed by atoms with E-state index in [-0.39, 0.29) is 18.3 Å². The van der Waals surface area contributed by atoms with E-state index in [4.69, 9.17) is 11.6 Å². The summed E-state index contributed by atoms with van der Waals surface area (Å²) < 4.78 is 41.8. The van der Waals surface area contributed by atoms with Gasteiger partial charge in [-0.05, 0) is 83.1 Å². The molecule has 0 unspecified atom stereocenters. The Morgan fingerprint density at radius 2 is 1.89 bits per heavy atom. The molecule has 200 valence electrons. The Morgan fingerprint density at radius 3 is 2.53 bits per heavy atom. The molecule has 2 N–H and O–H groups in total. The van der Waals surface area contributed by atoms with E-state index in [1.165, 1.54) is 4.57 Å². The van der Waals surface area contributed by atoms with Crippen LogP contribution in [-0.4, -0.2) is 53.4 Å². The van der Waals surface area contributed by atoms with Gasteiger partial charge in [0.1, 0.15) is 6.54 Å². The van der Waals surface area contributed by atoms with Gasteiger partial charge in [-0.15, -0.1) is 0 Å². The van der Waals surface area contributed by atoms with Gasteiger partial charge in [-0.1, -0.05) is 17.5 Å². The van der Waals surface area contributed by atoms with Crippen molar-refractivity contribution >= 4 is 33.9 Å². The molecule has 1 saturated heterocycles. The molecule has 1 fully saturated rings. The van der Waals surface area contributed by atoms with Crippen molar-refractivity contribution in [3.8, 4) is 17.9 Å². The number of likely N-dealkylation sites (tertiary alicyclic amines) is 1. The molecule has 0 aliphatic carbocycles. The third-order valence-electron chi connectivity index (χ3n) is 6.68. The van der Waals surface area contributed by atoms with Gasteiger partial charge in [0.15, 0.2) is 0 Å². The molecule has 0 atom stereocenters. The van der Waals surface area contributed by atoms with Crippen LogP contribution >= 0.6 is 11.6 Å². The molecule has 0 saturated carbocycles. The van der Waals surface area contributed by atoms with E-state index in [2.05, 4.69) is 45.5 Å². The average molecular weight is 543 g/mol. The number of piperidine rings is 1. The maximum Gasteiger partial charge on any atom is 0.406 e. The Balaban J connectivity index is 1.58. The van der Waals surface area contributed by atoms with Crippen molar-refractivity contribution in [1.82, 2.24) is 14.5 Å². The first-order valence-corrected chi connectivity index (χ1v) is 12.8. The Labute approximate surface area is 225 Å². The zero-order valence-electron chi connectivity index (χ0n) is 21.6. The number of alkyl halides is 3. The summed E-state index contributed by atoms with van der Waals surface area (Å²) in [5.41, 5.74) is 2.02. The number of halogens is 4. The lowest BCUT2D eigenvalue weighted by atomic mass is 9.91. The first-order chi connectivity index (χ1) is 17.9. The second kappa shape index (κ2) is 11.1. The van der Waals surface area contributed by atoms with Crippen molar-refractivity contribution in [1.29, 1.82) is 5.26 Å². The monoisotopic (exact) mass is 542 g/mol. The largest absolute Gasteiger partial charge is 0.406 e. The molecule has 10 heteroatoms. The fraction of sp³-hybridized carbons (Fsp3) is 0.429. The standard InChI is InChI=1S/C28H30ClF3N6/c1-27(2,17-33)26-7-6-21(16-35-26)34-10-4-5-22-15-23-24(36-20-8-11-37(3)12-9-20)13-19(29)14-25(23)38(22)18-28(30,31)32/h6-7,13-16,20,34,36H,8-12,18H2,1-3H3. The highest BCUT2D eigenvalue weighted by molar-refractivity contribution is 6.32. The quantitative estimate of drug-likeness (QED) is 0.373. The van der Waals surface area contributed by atoms with Crippen molar-refractivity contribution in [2.24, 2.45) is 0 Å². The van der Waals surface area contributed by atoms with E-state index in [0.29, 0.717) is 27.3 Å². The van der Waals surface area contributed by atoms with Crippen LogP contribution in [0, 0.1) is 23.2 Å². The van der Waals surface area contributed by atoms with Crippen LogP contribution in [0.4, 0.5) is 24.5 Å². The van der Waals surface area contributed by atoms with Crippen molar-refractivity contribution in [3.63, 3.8) is 0 Å². The van der Waals surface area contributed by atoms with E-state index >= 15 is 0 Å². The number of aromatic nitrogens is 2. The summed E-state index contributed by atoms with van der Waals surface area (Å²) in [4.78, 5) is 6.58. The molecule has 0 amide bonds. The number of rotatable bonds is 6. The van der Waals surface area contributed by atoms with E-state index < -0.39 is 18.1 Å². The van der Waals surface area contributed by atoms with Crippen LogP contribution < -0.4 is 10.6 Å². The predicted octanol–water partition coefficient (Wildman–Crippen LogP) is 6.02. The van der Waals surface area contributed by atoms with Crippen LogP contribution in [0.15, 0.2) is 36.5 Å². The average Bonchev–Trinajstić information content (AvgIpc) is 3.19. The number of fused-ring (bicyclic) bond motifs is 1. The lowest BCUT2D eigenvalue weighted by Crippen LogP contribution is -2.36. The third kappa shape index (κ3) is 6.72. The summed E-state index contributed by atoms with van der Waals surface area (Å²) in [6.07, 6.45) is -0.930. The molecular weight excluding hydrogens is 513 g/mol. The van der Waals surface area contributed by atoms with Gasteiger partial charge in [0.25, 0.3) is 0 Å². The topological polar surface area (TPSA) is 68.9 Å². The van der Waals surface area contributed by atoms with Crippen LogP contribution in [0.1, 0.15) is 38.1 Å². The highest BCUT2D eigenvalue weighted by Gasteiger charge is 2.30. The van der Waals surface area contributed by atoms with Gasteiger partial charge in [-0.25, -0.2) is 0 Å². The first kappa shape index (κ1) is 27.6. The lowest BCUT2D eigenvalue weighted by molar-refractivity contribution is -0.140. The van der Waals surface area contributed by atoms with Crippen molar-refractivity contribution in [2.45, 2.75) is 50.9 Å². The second-order valence-corrected chi connectivity index (χ2v) is 10.6. The third-order valence-corrected chi connectivity index (χ3v) is 6.90. The van der Waals surface area contributed by atoms with Gasteiger partial charge in [0.2, 0.25) is 0 Å². The summed E-state index contributed by atoms with van der Waals surface area (Å²) in [6.45, 7) is 4.52. The summed E-state index contributed by atoms with van der Waals surface area (Å²) in [5, 5.41) is 16.9. The van der Waals surface area contributed by atoms with Gasteiger partial charge in [0, 0.05) is 22.1 Å². The molecule has 1 aliphatic heterocycles. The number of benzene rings is 1. The lowest BCUT2D eigenvalue weighted by Gasteiger charge is -2.30. The second-order valence-electron chi connectivity index (χ2n) is 10.2. The summed E-state index contributed by atoms with van der Waals surface area (Å²) in [6, 6.07) is 11.0. The molecule has 3 heterocycles. The maximum absolute atomic E-state index is 13.5. The number of nitriles is 1. The number of hydrogen-bond acceptors (Lipinski definition) is 5. The van der Waals surface area contributed by atoms with Crippen molar-refractivity contribution in [2.75, 3.05) is 37.3 Å². The molecule has 38 heavy (non-hydrogen) atoms. The Morgan fingerprint density at radius 1 is 1.16 bits per heavy atom. The van der Waals surface area contributed by atoms with Gasteiger partial charge in [-0.2, -0.15) is 18.4 Å². The number of anilines is 2. The van der Waals surface area contributed by atoms with E-state index in [1.807, 2.05) is 0 Å². The molecule has 1 aromatic carbocycles. The van der Waals surface area contributed by atoms with Crippen LogP contribution in [0.2, 0.25) is 5.02 Å². The molecular formula is C28H30ClF3N6. The van der Waals surface area contributed by atoms with Crippen LogP contribution in [0.3, 0.4) is 0 Å². The minimum Gasteiger partial charge on any atom is -0.382 e. The number of nitrogens with one attached hydrogen (secondary N) is 2. The molecule has 1 aliphatic rings. The first-order valence-electron chi connectivity index (χ1n) is 12.4. The van der Waals surface area contributed by atoms with E-state index in [0.717, 1.165) is 31.6 Å². The highest BCUT2D eigenvalue weighted by Crippen LogP contribution is 2.34. The molecule has 6 nitrogen and oxygen atoms in total. The minimum absolute atomic E-state index is 0.206. The normalized spacial score (nSPS) is 15.1. The fourth-order valence-corrected chi connectivity index (χ4v) is 4.69. The smallest absolute Gasteiger partial charge is 0.382 e. The molecule has 3 aromatic rings. The van der Waals surface area contributed by atoms with Gasteiger partial charge in [-0.3, -0.25) is 4.98 Å². The van der Waals surface area contributed by atoms with Crippen LogP contribution in [0.5, 0.6) is 0 Å². The van der Waals surface area contributed by atoms with Gasteiger partial charge < -0.3 is 20.1 Å². The van der Waals surface area contributed by atoms with E-state index in [1.54, 1.807) is 50.4 Å². The molecule has 0 bridgehead atoms. The van der Waals surface area contributed by atoms with E-state index in [9.17, 15) is 18.4 Å². The number of nitrogens with zero attached hydrogens (tertiary/aromatic N) is 4. The Bertz CT molecular complexity index is 1380. The minimum atomic E-state index is -4.42. The summed E-state index contributed by atoms with van der Waals surface area (Å²) in [7, 11) is 2.08. The van der Waals surface area contributed by atoms with Crippen molar-refractivity contribution < 1.29 is 13.2 Å². The zero-order valence-corrected chi connectivity index (χ0v) is 22.3. The van der Waals surface area contributed by atoms with Gasteiger partial charge >= 0.3 is 6.18 Å². The fourth-order valence-electron chi connectivity index (χ4n) is 4.47. The van der Waals surface area contributed by atoms with Crippen LogP contribution in [-0.2, 0) is 12.0 Å². The number of hydrogen-bond donors (Lipinski definition) is 2. The van der Waals surface area contributed by atoms with Crippen LogP contribution in [0.25, 0.3) is 10.9 Å². The van der Waals surface area contributed by atoms with Crippen molar-refractivity contribution in [3.05, 3.63) is 52.9 Å². The molecule has 4 rings (SSSR count). The molecule has 0 spiro atoms. The number of pyridine rings is 1.